The maximum Gasteiger partial charge on any atom is 0.243 e. The van der Waals surface area contributed by atoms with Crippen molar-refractivity contribution in [1.29, 1.82) is 0 Å². The first-order valence-corrected chi connectivity index (χ1v) is 12.2. The van der Waals surface area contributed by atoms with E-state index in [9.17, 15) is 8.42 Å². The summed E-state index contributed by atoms with van der Waals surface area (Å²) in [6.45, 7) is 2.54. The highest BCUT2D eigenvalue weighted by Gasteiger charge is 2.27. The van der Waals surface area contributed by atoms with Crippen molar-refractivity contribution in [3.05, 3.63) is 35.5 Å². The van der Waals surface area contributed by atoms with Crippen LogP contribution in [0.3, 0.4) is 0 Å². The van der Waals surface area contributed by atoms with Crippen LogP contribution in [-0.2, 0) is 19.5 Å². The van der Waals surface area contributed by atoms with Gasteiger partial charge in [-0.3, -0.25) is 0 Å². The van der Waals surface area contributed by atoms with Crippen LogP contribution < -0.4 is 15.4 Å². The van der Waals surface area contributed by atoms with Crippen molar-refractivity contribution in [2.45, 2.75) is 4.90 Å². The summed E-state index contributed by atoms with van der Waals surface area (Å²) in [6, 6.07) is 6.56. The molecule has 0 aliphatic carbocycles. The number of ether oxygens (including phenoxy) is 3. The zero-order valence-corrected chi connectivity index (χ0v) is 19.9. The largest absolute Gasteiger partial charge is 0.495 e. The molecule has 0 bridgehead atoms. The van der Waals surface area contributed by atoms with Gasteiger partial charge in [0.25, 0.3) is 0 Å². The Morgan fingerprint density at radius 1 is 1.21 bits per heavy atom. The van der Waals surface area contributed by atoms with E-state index in [1.807, 2.05) is 6.07 Å². The standard InChI is InChI=1S/C21H26ClN5O5S/c1-30-8-5-23-17-12-19(26-21-20(17)15(22)13-24-21)25-16-4-3-14(11-18(16)31-2)33(28,29)27-6-9-32-10-7-27/h3-4,11-13H,5-10H2,1-2H3,(H3,23,24,25,26). The van der Waals surface area contributed by atoms with E-state index in [0.29, 0.717) is 67.4 Å². The van der Waals surface area contributed by atoms with Crippen LogP contribution in [0.1, 0.15) is 0 Å². The first kappa shape index (κ1) is 23.6. The lowest BCUT2D eigenvalue weighted by molar-refractivity contribution is 0.0730. The molecule has 4 rings (SSSR count). The summed E-state index contributed by atoms with van der Waals surface area (Å²) >= 11 is 6.32. The van der Waals surface area contributed by atoms with E-state index in [2.05, 4.69) is 20.6 Å². The maximum absolute atomic E-state index is 13.0. The van der Waals surface area contributed by atoms with Crippen LogP contribution in [0.2, 0.25) is 5.02 Å². The van der Waals surface area contributed by atoms with E-state index >= 15 is 0 Å². The Labute approximate surface area is 197 Å². The quantitative estimate of drug-likeness (QED) is 0.388. The Hall–Kier alpha value is -2.57. The minimum atomic E-state index is -3.64. The SMILES string of the molecule is COCCNc1cc(Nc2ccc(S(=O)(=O)N3CCOCC3)cc2OC)nc2[nH]cc(Cl)c12. The lowest BCUT2D eigenvalue weighted by Crippen LogP contribution is -2.40. The van der Waals surface area contributed by atoms with Crippen molar-refractivity contribution in [2.75, 3.05) is 64.3 Å². The van der Waals surface area contributed by atoms with Crippen LogP contribution in [0.4, 0.5) is 17.2 Å². The molecule has 1 aromatic carbocycles. The van der Waals surface area contributed by atoms with Gasteiger partial charge in [-0.15, -0.1) is 0 Å². The summed E-state index contributed by atoms with van der Waals surface area (Å²) in [6.07, 6.45) is 1.68. The van der Waals surface area contributed by atoms with E-state index < -0.39 is 10.0 Å². The first-order valence-electron chi connectivity index (χ1n) is 10.4. The van der Waals surface area contributed by atoms with Crippen LogP contribution in [0.5, 0.6) is 5.75 Å². The smallest absolute Gasteiger partial charge is 0.243 e. The highest BCUT2D eigenvalue weighted by Crippen LogP contribution is 2.35. The van der Waals surface area contributed by atoms with E-state index in [-0.39, 0.29) is 4.90 Å². The molecule has 1 fully saturated rings. The molecule has 3 N–H and O–H groups in total. The first-order chi connectivity index (χ1) is 15.9. The molecular formula is C21H26ClN5O5S. The van der Waals surface area contributed by atoms with Crippen LogP contribution >= 0.6 is 11.6 Å². The Morgan fingerprint density at radius 2 is 2.00 bits per heavy atom. The molecule has 1 saturated heterocycles. The van der Waals surface area contributed by atoms with Crippen LogP contribution in [0.25, 0.3) is 11.0 Å². The lowest BCUT2D eigenvalue weighted by atomic mass is 10.2. The lowest BCUT2D eigenvalue weighted by Gasteiger charge is -2.26. The van der Waals surface area contributed by atoms with Gasteiger partial charge >= 0.3 is 0 Å². The number of anilines is 3. The number of nitrogens with one attached hydrogen (secondary N) is 3. The molecule has 0 saturated carbocycles. The van der Waals surface area contributed by atoms with Crippen molar-refractivity contribution in [3.63, 3.8) is 0 Å². The summed E-state index contributed by atoms with van der Waals surface area (Å²) in [5, 5.41) is 7.84. The van der Waals surface area contributed by atoms with Gasteiger partial charge in [0.1, 0.15) is 17.2 Å². The zero-order chi connectivity index (χ0) is 23.4. The average Bonchev–Trinajstić information content (AvgIpc) is 3.20. The molecule has 1 aliphatic heterocycles. The van der Waals surface area contributed by atoms with Crippen LogP contribution in [0.15, 0.2) is 35.4 Å². The van der Waals surface area contributed by atoms with Gasteiger partial charge in [-0.1, -0.05) is 11.6 Å². The number of fused-ring (bicyclic) bond motifs is 1. The Morgan fingerprint density at radius 3 is 2.73 bits per heavy atom. The van der Waals surface area contributed by atoms with Gasteiger partial charge < -0.3 is 29.8 Å². The fraction of sp³-hybridized carbons (Fsp3) is 0.381. The van der Waals surface area contributed by atoms with Gasteiger partial charge in [-0.05, 0) is 12.1 Å². The Bertz CT molecular complexity index is 1230. The number of halogens is 1. The number of pyridine rings is 1. The summed E-state index contributed by atoms with van der Waals surface area (Å²) < 4.78 is 43.3. The summed E-state index contributed by atoms with van der Waals surface area (Å²) in [4.78, 5) is 7.80. The van der Waals surface area contributed by atoms with E-state index in [0.717, 1.165) is 11.1 Å². The van der Waals surface area contributed by atoms with E-state index in [1.54, 1.807) is 25.4 Å². The topological polar surface area (TPSA) is 118 Å². The van der Waals surface area contributed by atoms with Crippen molar-refractivity contribution in [2.24, 2.45) is 0 Å². The molecule has 0 amide bonds. The van der Waals surface area contributed by atoms with Crippen molar-refractivity contribution in [3.8, 4) is 5.75 Å². The molecule has 0 radical (unpaired) electrons. The highest BCUT2D eigenvalue weighted by molar-refractivity contribution is 7.89. The molecule has 3 aromatic rings. The van der Waals surface area contributed by atoms with Crippen LogP contribution in [-0.4, -0.2) is 76.4 Å². The van der Waals surface area contributed by atoms with Gasteiger partial charge in [0.15, 0.2) is 0 Å². The van der Waals surface area contributed by atoms with Crippen molar-refractivity contribution in [1.82, 2.24) is 14.3 Å². The molecule has 178 valence electrons. The molecule has 12 heteroatoms. The molecule has 10 nitrogen and oxygen atoms in total. The highest BCUT2D eigenvalue weighted by atomic mass is 35.5. The third-order valence-corrected chi connectivity index (χ3v) is 7.45. The Kier molecular flexibility index (Phi) is 7.25. The van der Waals surface area contributed by atoms with Crippen molar-refractivity contribution >= 4 is 49.9 Å². The summed E-state index contributed by atoms with van der Waals surface area (Å²) in [5.74, 6) is 0.910. The number of benzene rings is 1. The zero-order valence-electron chi connectivity index (χ0n) is 18.4. The van der Waals surface area contributed by atoms with Gasteiger partial charge in [0.2, 0.25) is 10.0 Å². The minimum Gasteiger partial charge on any atom is -0.495 e. The third-order valence-electron chi connectivity index (χ3n) is 5.26. The predicted octanol–water partition coefficient (Wildman–Crippen LogP) is 3.05. The summed E-state index contributed by atoms with van der Waals surface area (Å²) in [7, 11) is -0.516. The number of hydrogen-bond acceptors (Lipinski definition) is 8. The molecule has 3 heterocycles. The van der Waals surface area contributed by atoms with E-state index in [4.69, 9.17) is 25.8 Å². The van der Waals surface area contributed by atoms with Gasteiger partial charge in [0, 0.05) is 45.1 Å². The number of hydrogen-bond donors (Lipinski definition) is 3. The second kappa shape index (κ2) is 10.1. The second-order valence-electron chi connectivity index (χ2n) is 7.34. The molecule has 1 aliphatic rings. The maximum atomic E-state index is 13.0. The number of rotatable bonds is 9. The third kappa shape index (κ3) is 5.02. The Balaban J connectivity index is 1.63. The number of H-pyrrole nitrogens is 1. The predicted molar refractivity (Wildman–Crippen MR) is 127 cm³/mol. The number of sulfonamides is 1. The number of nitrogens with zero attached hydrogens (tertiary/aromatic N) is 2. The van der Waals surface area contributed by atoms with Gasteiger partial charge in [0.05, 0.1) is 53.6 Å². The van der Waals surface area contributed by atoms with Crippen LogP contribution in [0, 0.1) is 0 Å². The normalized spacial score (nSPS) is 15.0. The number of morpholine rings is 1. The molecule has 0 spiro atoms. The molecule has 33 heavy (non-hydrogen) atoms. The second-order valence-corrected chi connectivity index (χ2v) is 9.68. The molecule has 0 unspecified atom stereocenters. The average molecular weight is 496 g/mol. The van der Waals surface area contributed by atoms with E-state index in [1.165, 1.54) is 17.5 Å². The summed E-state index contributed by atoms with van der Waals surface area (Å²) in [5.41, 5.74) is 1.97. The molecular weight excluding hydrogens is 470 g/mol. The monoisotopic (exact) mass is 495 g/mol. The fourth-order valence-electron chi connectivity index (χ4n) is 3.60. The minimum absolute atomic E-state index is 0.160. The molecule has 0 atom stereocenters. The fourth-order valence-corrected chi connectivity index (χ4v) is 5.27. The van der Waals surface area contributed by atoms with Gasteiger partial charge in [-0.2, -0.15) is 4.31 Å². The van der Waals surface area contributed by atoms with Crippen molar-refractivity contribution < 1.29 is 22.6 Å². The number of aromatic amines is 1. The number of aromatic nitrogens is 2. The molecule has 2 aromatic heterocycles. The van der Waals surface area contributed by atoms with Gasteiger partial charge in [-0.25, -0.2) is 13.4 Å². The number of methoxy groups -OCH3 is 2.